The van der Waals surface area contributed by atoms with Gasteiger partial charge in [-0.2, -0.15) is 0 Å². The molecule has 16 heavy (non-hydrogen) atoms. The quantitative estimate of drug-likeness (QED) is 0.626. The number of ether oxygens (including phenoxy) is 2. The van der Waals surface area contributed by atoms with Crippen molar-refractivity contribution in [1.82, 2.24) is 0 Å². The van der Waals surface area contributed by atoms with Crippen LogP contribution in [0.3, 0.4) is 0 Å². The molecule has 0 aliphatic heterocycles. The van der Waals surface area contributed by atoms with Gasteiger partial charge < -0.3 is 9.47 Å². The average molecular weight is 252 g/mol. The molecule has 0 aromatic carbocycles. The van der Waals surface area contributed by atoms with Gasteiger partial charge in [0.05, 0.1) is 24.0 Å². The molecule has 0 aliphatic carbocycles. The summed E-state index contributed by atoms with van der Waals surface area (Å²) in [5, 5.41) is -1.22. The summed E-state index contributed by atoms with van der Waals surface area (Å²) in [6.07, 6.45) is 0.334. The van der Waals surface area contributed by atoms with Crippen molar-refractivity contribution in [3.05, 3.63) is 0 Å². The SMILES string of the molecule is COCCC(C)S(=O)(=O)C(C)CC(=O)OC. The third-order valence-electron chi connectivity index (χ3n) is 2.53. The molecular weight excluding hydrogens is 232 g/mol. The zero-order valence-electron chi connectivity index (χ0n) is 10.2. The molecule has 0 amide bonds. The molecule has 0 aromatic heterocycles. The highest BCUT2D eigenvalue weighted by molar-refractivity contribution is 7.92. The van der Waals surface area contributed by atoms with Crippen molar-refractivity contribution >= 4 is 15.8 Å². The number of hydrogen-bond donors (Lipinski definition) is 0. The first-order chi connectivity index (χ1) is 7.36. The maximum Gasteiger partial charge on any atom is 0.306 e. The third kappa shape index (κ3) is 4.49. The van der Waals surface area contributed by atoms with Crippen molar-refractivity contribution in [1.29, 1.82) is 0 Å². The van der Waals surface area contributed by atoms with E-state index in [1.54, 1.807) is 6.92 Å². The lowest BCUT2D eigenvalue weighted by Crippen LogP contribution is -2.31. The lowest BCUT2D eigenvalue weighted by molar-refractivity contribution is -0.140. The van der Waals surface area contributed by atoms with E-state index >= 15 is 0 Å². The molecule has 0 radical (unpaired) electrons. The predicted octanol–water partition coefficient (Wildman–Crippen LogP) is 0.778. The molecule has 0 fully saturated rings. The summed E-state index contributed by atoms with van der Waals surface area (Å²) in [4.78, 5) is 11.0. The van der Waals surface area contributed by atoms with Gasteiger partial charge in [-0.05, 0) is 20.3 Å². The molecule has 0 heterocycles. The molecule has 0 aliphatic rings. The summed E-state index contributed by atoms with van der Waals surface area (Å²) in [5.74, 6) is -0.505. The van der Waals surface area contributed by atoms with Crippen molar-refractivity contribution in [2.45, 2.75) is 37.2 Å². The smallest absolute Gasteiger partial charge is 0.306 e. The fraction of sp³-hybridized carbons (Fsp3) is 0.900. The Labute approximate surface area is 97.0 Å². The van der Waals surface area contributed by atoms with Crippen LogP contribution in [-0.4, -0.2) is 45.7 Å². The average Bonchev–Trinajstić information content (AvgIpc) is 2.25. The monoisotopic (exact) mass is 252 g/mol. The van der Waals surface area contributed by atoms with Gasteiger partial charge in [-0.3, -0.25) is 4.79 Å². The van der Waals surface area contributed by atoms with E-state index in [0.29, 0.717) is 13.0 Å². The second-order valence-electron chi connectivity index (χ2n) is 3.77. The van der Waals surface area contributed by atoms with Gasteiger partial charge in [0.1, 0.15) is 0 Å². The molecule has 2 unspecified atom stereocenters. The number of hydrogen-bond acceptors (Lipinski definition) is 5. The number of carbonyl (C=O) groups is 1. The summed E-state index contributed by atoms with van der Waals surface area (Å²) in [6, 6.07) is 0. The normalized spacial score (nSPS) is 15.5. The third-order valence-corrected chi connectivity index (χ3v) is 5.18. The summed E-state index contributed by atoms with van der Waals surface area (Å²) < 4.78 is 33.1. The van der Waals surface area contributed by atoms with Crippen molar-refractivity contribution < 1.29 is 22.7 Å². The number of carbonyl (C=O) groups excluding carboxylic acids is 1. The van der Waals surface area contributed by atoms with Crippen LogP contribution in [0, 0.1) is 0 Å². The van der Waals surface area contributed by atoms with Crippen molar-refractivity contribution in [3.8, 4) is 0 Å². The molecule has 0 saturated heterocycles. The first-order valence-electron chi connectivity index (χ1n) is 5.14. The first-order valence-corrected chi connectivity index (χ1v) is 6.75. The second kappa shape index (κ2) is 6.85. The maximum atomic E-state index is 11.9. The first kappa shape index (κ1) is 15.4. The molecule has 0 aromatic rings. The standard InChI is InChI=1S/C10H20O5S/c1-8(5-6-14-3)16(12,13)9(2)7-10(11)15-4/h8-9H,5-7H2,1-4H3. The van der Waals surface area contributed by atoms with Crippen LogP contribution in [0.5, 0.6) is 0 Å². The topological polar surface area (TPSA) is 69.7 Å². The van der Waals surface area contributed by atoms with Gasteiger partial charge in [0.15, 0.2) is 9.84 Å². The van der Waals surface area contributed by atoms with E-state index in [1.807, 2.05) is 0 Å². The molecule has 96 valence electrons. The Balaban J connectivity index is 4.46. The van der Waals surface area contributed by atoms with E-state index in [4.69, 9.17) is 4.74 Å². The number of methoxy groups -OCH3 is 2. The lowest BCUT2D eigenvalue weighted by atomic mass is 10.3. The van der Waals surface area contributed by atoms with Gasteiger partial charge in [-0.25, -0.2) is 8.42 Å². The molecular formula is C10H20O5S. The van der Waals surface area contributed by atoms with Gasteiger partial charge in [-0.15, -0.1) is 0 Å². The summed E-state index contributed by atoms with van der Waals surface area (Å²) in [6.45, 7) is 3.54. The van der Waals surface area contributed by atoms with Gasteiger partial charge in [-0.1, -0.05) is 0 Å². The minimum atomic E-state index is -3.30. The van der Waals surface area contributed by atoms with E-state index in [-0.39, 0.29) is 6.42 Å². The van der Waals surface area contributed by atoms with Crippen LogP contribution in [0.4, 0.5) is 0 Å². The summed E-state index contributed by atoms with van der Waals surface area (Å²) in [5.41, 5.74) is 0. The molecule has 0 rings (SSSR count). The Hall–Kier alpha value is -0.620. The Kier molecular flexibility index (Phi) is 6.59. The van der Waals surface area contributed by atoms with E-state index in [1.165, 1.54) is 21.1 Å². The fourth-order valence-corrected chi connectivity index (χ4v) is 2.87. The van der Waals surface area contributed by atoms with E-state index in [0.717, 1.165) is 0 Å². The minimum absolute atomic E-state index is 0.101. The van der Waals surface area contributed by atoms with Gasteiger partial charge in [0.25, 0.3) is 0 Å². The van der Waals surface area contributed by atoms with Gasteiger partial charge in [0.2, 0.25) is 0 Å². The van der Waals surface area contributed by atoms with E-state index in [2.05, 4.69) is 4.74 Å². The Morgan fingerprint density at radius 1 is 1.19 bits per heavy atom. The molecule has 0 saturated carbocycles. The van der Waals surface area contributed by atoms with E-state index in [9.17, 15) is 13.2 Å². The molecule has 0 spiro atoms. The van der Waals surface area contributed by atoms with Gasteiger partial charge in [0, 0.05) is 13.7 Å². The highest BCUT2D eigenvalue weighted by Gasteiger charge is 2.29. The van der Waals surface area contributed by atoms with Crippen LogP contribution >= 0.6 is 0 Å². The highest BCUT2D eigenvalue weighted by atomic mass is 32.2. The van der Waals surface area contributed by atoms with Crippen LogP contribution < -0.4 is 0 Å². The number of esters is 1. The molecule has 2 atom stereocenters. The molecule has 5 nitrogen and oxygen atoms in total. The van der Waals surface area contributed by atoms with Crippen LogP contribution in [0.2, 0.25) is 0 Å². The second-order valence-corrected chi connectivity index (χ2v) is 6.56. The Morgan fingerprint density at radius 2 is 1.75 bits per heavy atom. The van der Waals surface area contributed by atoms with Crippen LogP contribution in [-0.2, 0) is 24.1 Å². The van der Waals surface area contributed by atoms with Crippen LogP contribution in [0.25, 0.3) is 0 Å². The van der Waals surface area contributed by atoms with Crippen molar-refractivity contribution in [3.63, 3.8) is 0 Å². The van der Waals surface area contributed by atoms with Crippen LogP contribution in [0.1, 0.15) is 26.7 Å². The number of rotatable bonds is 7. The predicted molar refractivity (Wildman–Crippen MR) is 61.0 cm³/mol. The summed E-state index contributed by atoms with van der Waals surface area (Å²) >= 11 is 0. The van der Waals surface area contributed by atoms with E-state index < -0.39 is 26.3 Å². The van der Waals surface area contributed by atoms with Gasteiger partial charge >= 0.3 is 5.97 Å². The van der Waals surface area contributed by atoms with Crippen molar-refractivity contribution in [2.24, 2.45) is 0 Å². The minimum Gasteiger partial charge on any atom is -0.469 e. The fourth-order valence-electron chi connectivity index (χ4n) is 1.28. The van der Waals surface area contributed by atoms with Crippen molar-refractivity contribution in [2.75, 3.05) is 20.8 Å². The van der Waals surface area contributed by atoms with Crippen LogP contribution in [0.15, 0.2) is 0 Å². The summed E-state index contributed by atoms with van der Waals surface area (Å²) in [7, 11) is -0.526. The number of sulfone groups is 1. The zero-order chi connectivity index (χ0) is 12.8. The Bertz CT molecular complexity index is 309. The lowest BCUT2D eigenvalue weighted by Gasteiger charge is -2.17. The zero-order valence-corrected chi connectivity index (χ0v) is 11.0. The Morgan fingerprint density at radius 3 is 2.19 bits per heavy atom. The molecule has 0 N–H and O–H groups in total. The molecule has 6 heteroatoms. The molecule has 0 bridgehead atoms. The maximum absolute atomic E-state index is 11.9. The largest absolute Gasteiger partial charge is 0.469 e. The highest BCUT2D eigenvalue weighted by Crippen LogP contribution is 2.15.